The molecule has 0 unspecified atom stereocenters. The average Bonchev–Trinajstić information content (AvgIpc) is 4.09. The minimum absolute atomic E-state index is 0. The quantitative estimate of drug-likeness (QED) is 0.0890. The fraction of sp³-hybridized carbons (Fsp3) is 0.250. The summed E-state index contributed by atoms with van der Waals surface area (Å²) in [5.41, 5.74) is 17.5. The van der Waals surface area contributed by atoms with Crippen LogP contribution in [0.4, 0.5) is 0 Å². The Hall–Kier alpha value is -4.40. The Morgan fingerprint density at radius 2 is 0.273 bits per heavy atom. The van der Waals surface area contributed by atoms with Crippen molar-refractivity contribution >= 4 is 0 Å². The van der Waals surface area contributed by atoms with Crippen molar-refractivity contribution in [2.45, 2.75) is 78.5 Å². The van der Waals surface area contributed by atoms with Crippen molar-refractivity contribution in [3.63, 3.8) is 0 Å². The monoisotopic (exact) mass is 770 g/mol. The molecule has 6 N–H and O–H groups in total. The zero-order valence-electron chi connectivity index (χ0n) is 31.7. The number of rotatable bonds is 0. The zero-order chi connectivity index (χ0) is 36.6. The number of hydrogen-bond donors (Lipinski definition) is 6. The maximum atomic E-state index is 3.29. The molecule has 6 aromatic carbocycles. The molecular formula is C48H54FeN6. The third kappa shape index (κ3) is 11.8. The molecule has 0 saturated carbocycles. The number of hydrogen-bond acceptors (Lipinski definition) is 6. The number of benzene rings is 6. The molecule has 0 atom stereocenters. The van der Waals surface area contributed by atoms with E-state index in [4.69, 9.17) is 0 Å². The molecule has 7 heteroatoms. The van der Waals surface area contributed by atoms with Crippen LogP contribution >= 0.6 is 0 Å². The van der Waals surface area contributed by atoms with Gasteiger partial charge in [0.25, 0.3) is 0 Å². The third-order valence-corrected chi connectivity index (χ3v) is 10.5. The van der Waals surface area contributed by atoms with Crippen molar-refractivity contribution < 1.29 is 17.1 Å². The molecular weight excluding hydrogens is 716 g/mol. The van der Waals surface area contributed by atoms with Gasteiger partial charge in [0, 0.05) is 95.6 Å². The van der Waals surface area contributed by atoms with Crippen LogP contribution in [0.2, 0.25) is 0 Å². The van der Waals surface area contributed by atoms with E-state index in [-0.39, 0.29) is 17.1 Å². The molecule has 0 spiro atoms. The van der Waals surface area contributed by atoms with Crippen molar-refractivity contribution in [1.29, 1.82) is 0 Å². The van der Waals surface area contributed by atoms with Gasteiger partial charge < -0.3 is 31.9 Å². The molecule has 0 bridgehead atoms. The Kier molecular flexibility index (Phi) is 15.8. The minimum atomic E-state index is 0. The summed E-state index contributed by atoms with van der Waals surface area (Å²) in [5, 5.41) is 19.7. The van der Waals surface area contributed by atoms with Crippen LogP contribution in [0.1, 0.15) is 66.8 Å². The van der Waals surface area contributed by atoms with Crippen LogP contribution in [0.5, 0.6) is 0 Å². The first kappa shape index (κ1) is 40.3. The molecule has 0 saturated heterocycles. The molecule has 6 aromatic rings. The van der Waals surface area contributed by atoms with Gasteiger partial charge in [-0.2, -0.15) is 0 Å². The summed E-state index contributed by atoms with van der Waals surface area (Å²) in [6.45, 7) is 12.6. The number of nitrogens with one attached hydrogen (secondary N) is 6. The Balaban J connectivity index is 0.000000112. The van der Waals surface area contributed by atoms with Crippen LogP contribution in [-0.2, 0) is 95.6 Å². The molecule has 6 aliphatic heterocycles. The van der Waals surface area contributed by atoms with Crippen LogP contribution in [0, 0.1) is 0 Å². The topological polar surface area (TPSA) is 72.2 Å². The second-order valence-electron chi connectivity index (χ2n) is 14.2. The summed E-state index contributed by atoms with van der Waals surface area (Å²) in [4.78, 5) is 0. The first-order chi connectivity index (χ1) is 26.8. The first-order valence-corrected chi connectivity index (χ1v) is 19.4. The smallest absolute Gasteiger partial charge is 0.0211 e. The molecule has 0 amide bonds. The molecule has 6 heterocycles. The predicted octanol–water partition coefficient (Wildman–Crippen LogP) is 7.74. The summed E-state index contributed by atoms with van der Waals surface area (Å²) in [7, 11) is 0. The Morgan fingerprint density at radius 3 is 0.364 bits per heavy atom. The van der Waals surface area contributed by atoms with E-state index in [1.165, 1.54) is 66.8 Å². The van der Waals surface area contributed by atoms with E-state index in [9.17, 15) is 0 Å². The second-order valence-corrected chi connectivity index (χ2v) is 14.2. The van der Waals surface area contributed by atoms with Crippen molar-refractivity contribution in [2.75, 3.05) is 0 Å². The molecule has 284 valence electrons. The van der Waals surface area contributed by atoms with Gasteiger partial charge in [-0.15, -0.1) is 0 Å². The molecule has 12 rings (SSSR count). The molecule has 0 fully saturated rings. The Bertz CT molecular complexity index is 1560. The van der Waals surface area contributed by atoms with Gasteiger partial charge >= 0.3 is 0 Å². The van der Waals surface area contributed by atoms with Gasteiger partial charge in [0.1, 0.15) is 0 Å². The molecule has 6 aliphatic rings. The molecule has 0 radical (unpaired) electrons. The van der Waals surface area contributed by atoms with Gasteiger partial charge in [-0.3, -0.25) is 0 Å². The normalized spacial score (nSPS) is 15.3. The third-order valence-electron chi connectivity index (χ3n) is 10.5. The molecule has 0 aromatic heterocycles. The minimum Gasteiger partial charge on any atom is -0.309 e. The van der Waals surface area contributed by atoms with E-state index < -0.39 is 0 Å². The fourth-order valence-electron chi connectivity index (χ4n) is 7.41. The largest absolute Gasteiger partial charge is 0.309 e. The molecule has 55 heavy (non-hydrogen) atoms. The van der Waals surface area contributed by atoms with E-state index in [2.05, 4.69) is 177 Å². The van der Waals surface area contributed by atoms with Crippen molar-refractivity contribution in [3.8, 4) is 0 Å². The van der Waals surface area contributed by atoms with Crippen LogP contribution in [0.25, 0.3) is 0 Å². The Labute approximate surface area is 338 Å². The molecule has 6 nitrogen and oxygen atoms in total. The van der Waals surface area contributed by atoms with Gasteiger partial charge in [-0.25, -0.2) is 0 Å². The summed E-state index contributed by atoms with van der Waals surface area (Å²) < 4.78 is 0. The van der Waals surface area contributed by atoms with Crippen LogP contribution in [0.15, 0.2) is 146 Å². The number of fused-ring (bicyclic) bond motifs is 6. The summed E-state index contributed by atoms with van der Waals surface area (Å²) in [6, 6.07) is 51.2. The van der Waals surface area contributed by atoms with Crippen LogP contribution in [0.3, 0.4) is 0 Å². The second kappa shape index (κ2) is 21.6. The maximum absolute atomic E-state index is 3.29. The van der Waals surface area contributed by atoms with E-state index in [0.29, 0.717) is 0 Å². The Morgan fingerprint density at radius 1 is 0.182 bits per heavy atom. The summed E-state index contributed by atoms with van der Waals surface area (Å²) >= 11 is 0. The predicted molar refractivity (Wildman–Crippen MR) is 222 cm³/mol. The van der Waals surface area contributed by atoms with E-state index in [1.54, 1.807) is 0 Å². The van der Waals surface area contributed by atoms with Gasteiger partial charge in [0.15, 0.2) is 0 Å². The SMILES string of the molecule is [Fe].c1ccc2c(c1)CNC2.c1ccc2c(c1)CNC2.c1ccc2c(c1)CNC2.c1ccc2c(c1)CNC2.c1ccc2c(c1)CNC2.c1ccc2c(c1)CNC2. The van der Waals surface area contributed by atoms with Gasteiger partial charge in [-0.05, 0) is 66.8 Å². The van der Waals surface area contributed by atoms with Crippen molar-refractivity contribution in [2.24, 2.45) is 0 Å². The standard InChI is InChI=1S/6C8H9N.Fe/c6*1-2-4-8-6-9-5-7(8)3-1;/h6*1-4,9H,5-6H2;. The van der Waals surface area contributed by atoms with Crippen LogP contribution in [-0.4, -0.2) is 0 Å². The zero-order valence-corrected chi connectivity index (χ0v) is 32.8. The average molecular weight is 771 g/mol. The van der Waals surface area contributed by atoms with Crippen molar-refractivity contribution in [3.05, 3.63) is 212 Å². The summed E-state index contributed by atoms with van der Waals surface area (Å²) in [6.07, 6.45) is 0. The van der Waals surface area contributed by atoms with Crippen molar-refractivity contribution in [1.82, 2.24) is 31.9 Å². The van der Waals surface area contributed by atoms with Gasteiger partial charge in [0.05, 0.1) is 0 Å². The first-order valence-electron chi connectivity index (χ1n) is 19.4. The fourth-order valence-corrected chi connectivity index (χ4v) is 7.41. The van der Waals surface area contributed by atoms with E-state index in [1.807, 2.05) is 0 Å². The molecule has 0 aliphatic carbocycles. The van der Waals surface area contributed by atoms with Crippen LogP contribution < -0.4 is 31.9 Å². The summed E-state index contributed by atoms with van der Waals surface area (Å²) in [5.74, 6) is 0. The van der Waals surface area contributed by atoms with Gasteiger partial charge in [0.2, 0.25) is 0 Å². The van der Waals surface area contributed by atoms with E-state index >= 15 is 0 Å². The van der Waals surface area contributed by atoms with Gasteiger partial charge in [-0.1, -0.05) is 146 Å². The van der Waals surface area contributed by atoms with E-state index in [0.717, 1.165) is 78.5 Å². The maximum Gasteiger partial charge on any atom is 0.0211 e.